The highest BCUT2D eigenvalue weighted by Gasteiger charge is 2.33. The fraction of sp³-hybridized carbons (Fsp3) is 0.800. The molecule has 0 rings (SSSR count). The van der Waals surface area contributed by atoms with Gasteiger partial charge in [-0.3, -0.25) is 9.36 Å². The topological polar surface area (TPSA) is 80.4 Å². The monoisotopic (exact) mass is 183 g/mol. The Balaban J connectivity index is 4.38. The van der Waals surface area contributed by atoms with Crippen molar-refractivity contribution in [2.75, 3.05) is 6.66 Å². The fourth-order valence-electron chi connectivity index (χ4n) is 0.481. The molecule has 3 N–H and O–H groups in total. The van der Waals surface area contributed by atoms with Crippen LogP contribution in [0.3, 0.4) is 0 Å². The van der Waals surface area contributed by atoms with Gasteiger partial charge in [-0.05, 0) is 0 Å². The highest BCUT2D eigenvalue weighted by molar-refractivity contribution is 7.58. The van der Waals surface area contributed by atoms with Gasteiger partial charge in [0, 0.05) is 6.66 Å². The highest BCUT2D eigenvalue weighted by atomic mass is 31.2. The third kappa shape index (κ3) is 2.99. The van der Waals surface area contributed by atoms with Crippen molar-refractivity contribution in [3.8, 4) is 0 Å². The van der Waals surface area contributed by atoms with Crippen LogP contribution < -0.4 is 5.73 Å². The normalized spacial score (nSPS) is 21.8. The number of carbonyl (C=O) groups excluding carboxylic acids is 1. The number of nitrogens with two attached hydrogens (primary N) is 1. The van der Waals surface area contributed by atoms with Crippen LogP contribution in [0.4, 0.5) is 4.39 Å². The molecule has 0 aliphatic rings. The van der Waals surface area contributed by atoms with Gasteiger partial charge in [0.2, 0.25) is 7.37 Å². The highest BCUT2D eigenvalue weighted by Crippen LogP contribution is 2.43. The standard InChI is InChI=1S/C5H11FNO3P/c1-3(11(2,9)10)4(6)5(7)8/h3-4H,1-2H3,(H2,7,8)(H,9,10). The van der Waals surface area contributed by atoms with Gasteiger partial charge in [-0.2, -0.15) is 0 Å². The van der Waals surface area contributed by atoms with Gasteiger partial charge in [-0.1, -0.05) is 6.92 Å². The molecule has 0 fully saturated rings. The maximum Gasteiger partial charge on any atom is 0.252 e. The van der Waals surface area contributed by atoms with Crippen LogP contribution in [0.2, 0.25) is 0 Å². The van der Waals surface area contributed by atoms with Crippen LogP contribution in [0.1, 0.15) is 6.92 Å². The summed E-state index contributed by atoms with van der Waals surface area (Å²) in [5, 5.41) is 0. The number of halogens is 1. The Labute approximate surface area is 64.0 Å². The first-order chi connectivity index (χ1) is 4.76. The zero-order valence-corrected chi connectivity index (χ0v) is 7.22. The average molecular weight is 183 g/mol. The smallest absolute Gasteiger partial charge is 0.252 e. The number of rotatable bonds is 3. The maximum absolute atomic E-state index is 12.6. The van der Waals surface area contributed by atoms with Crippen LogP contribution in [-0.2, 0) is 9.36 Å². The molecule has 4 nitrogen and oxygen atoms in total. The molecule has 0 heterocycles. The lowest BCUT2D eigenvalue weighted by Crippen LogP contribution is -2.33. The molecular formula is C5H11FNO3P. The molecule has 1 amide bonds. The summed E-state index contributed by atoms with van der Waals surface area (Å²) >= 11 is 0. The van der Waals surface area contributed by atoms with Crippen molar-refractivity contribution in [3.05, 3.63) is 0 Å². The minimum Gasteiger partial charge on any atom is -0.367 e. The minimum absolute atomic E-state index is 0.993. The van der Waals surface area contributed by atoms with E-state index in [0.29, 0.717) is 0 Å². The first kappa shape index (κ1) is 10.6. The quantitative estimate of drug-likeness (QED) is 0.609. The summed E-state index contributed by atoms with van der Waals surface area (Å²) in [4.78, 5) is 19.0. The van der Waals surface area contributed by atoms with Gasteiger partial charge < -0.3 is 10.6 Å². The molecule has 11 heavy (non-hydrogen) atoms. The third-order valence-electron chi connectivity index (χ3n) is 1.45. The summed E-state index contributed by atoms with van der Waals surface area (Å²) in [5.41, 5.74) is 3.37. The van der Waals surface area contributed by atoms with Crippen molar-refractivity contribution >= 4 is 13.3 Å². The maximum atomic E-state index is 12.6. The average Bonchev–Trinajstić information content (AvgIpc) is 1.82. The summed E-state index contributed by atoms with van der Waals surface area (Å²) in [6.45, 7) is 2.17. The second-order valence-electron chi connectivity index (χ2n) is 2.49. The summed E-state index contributed by atoms with van der Waals surface area (Å²) in [5.74, 6) is -1.20. The molecule has 0 aromatic rings. The minimum atomic E-state index is -3.54. The van der Waals surface area contributed by atoms with Crippen molar-refractivity contribution < 1.29 is 18.6 Å². The Kier molecular flexibility index (Phi) is 3.20. The Hall–Kier alpha value is -0.410. The predicted molar refractivity (Wildman–Crippen MR) is 39.3 cm³/mol. The molecule has 3 atom stereocenters. The van der Waals surface area contributed by atoms with Crippen LogP contribution >= 0.6 is 7.37 Å². The van der Waals surface area contributed by atoms with Gasteiger partial charge in [0.1, 0.15) is 0 Å². The molecule has 0 aliphatic heterocycles. The van der Waals surface area contributed by atoms with Gasteiger partial charge >= 0.3 is 0 Å². The second kappa shape index (κ2) is 3.32. The van der Waals surface area contributed by atoms with Gasteiger partial charge in [0.25, 0.3) is 5.91 Å². The van der Waals surface area contributed by atoms with Crippen molar-refractivity contribution in [2.24, 2.45) is 5.73 Å². The number of hydrogen-bond acceptors (Lipinski definition) is 2. The first-order valence-corrected chi connectivity index (χ1v) is 5.17. The number of alkyl halides is 1. The lowest BCUT2D eigenvalue weighted by Gasteiger charge is -2.16. The van der Waals surface area contributed by atoms with E-state index < -0.39 is 25.1 Å². The SMILES string of the molecule is CC(C(F)C(N)=O)P(C)(=O)O. The number of primary amides is 1. The molecule has 0 radical (unpaired) electrons. The largest absolute Gasteiger partial charge is 0.367 e. The van der Waals surface area contributed by atoms with E-state index in [9.17, 15) is 13.8 Å². The second-order valence-corrected chi connectivity index (χ2v) is 5.19. The van der Waals surface area contributed by atoms with Crippen LogP contribution in [0.15, 0.2) is 0 Å². The van der Waals surface area contributed by atoms with E-state index in [1.165, 1.54) is 6.92 Å². The van der Waals surface area contributed by atoms with Crippen molar-refractivity contribution in [1.82, 2.24) is 0 Å². The molecule has 6 heteroatoms. The molecule has 0 aromatic carbocycles. The summed E-state index contributed by atoms with van der Waals surface area (Å²) < 4.78 is 23.4. The van der Waals surface area contributed by atoms with Gasteiger partial charge in [-0.15, -0.1) is 0 Å². The van der Waals surface area contributed by atoms with Gasteiger partial charge in [0.05, 0.1) is 5.66 Å². The number of carbonyl (C=O) groups is 1. The zero-order chi connectivity index (χ0) is 9.23. The molecule has 0 aromatic heterocycles. The van der Waals surface area contributed by atoms with Crippen LogP contribution in [0.25, 0.3) is 0 Å². The molecule has 0 bridgehead atoms. The Bertz CT molecular complexity index is 202. The summed E-state index contributed by atoms with van der Waals surface area (Å²) in [6, 6.07) is 0. The van der Waals surface area contributed by atoms with E-state index in [-0.39, 0.29) is 0 Å². The Morgan fingerprint density at radius 1 is 1.73 bits per heavy atom. The molecule has 0 saturated heterocycles. The van der Waals surface area contributed by atoms with E-state index in [0.717, 1.165) is 6.66 Å². The van der Waals surface area contributed by atoms with Gasteiger partial charge in [-0.25, -0.2) is 4.39 Å². The van der Waals surface area contributed by atoms with Crippen LogP contribution in [0, 0.1) is 0 Å². The lowest BCUT2D eigenvalue weighted by atomic mass is 10.3. The third-order valence-corrected chi connectivity index (χ3v) is 3.22. The van der Waals surface area contributed by atoms with Crippen molar-refractivity contribution in [1.29, 1.82) is 0 Å². The van der Waals surface area contributed by atoms with E-state index in [2.05, 4.69) is 5.73 Å². The van der Waals surface area contributed by atoms with E-state index in [4.69, 9.17) is 4.89 Å². The number of hydrogen-bond donors (Lipinski definition) is 2. The molecule has 0 spiro atoms. The van der Waals surface area contributed by atoms with Crippen molar-refractivity contribution in [3.63, 3.8) is 0 Å². The predicted octanol–water partition coefficient (Wildman–Crippen LogP) is 0.0985. The zero-order valence-electron chi connectivity index (χ0n) is 6.32. The van der Waals surface area contributed by atoms with E-state index in [1.807, 2.05) is 0 Å². The molecule has 66 valence electrons. The van der Waals surface area contributed by atoms with Crippen molar-refractivity contribution in [2.45, 2.75) is 18.8 Å². The van der Waals surface area contributed by atoms with E-state index in [1.54, 1.807) is 0 Å². The van der Waals surface area contributed by atoms with Gasteiger partial charge in [0.15, 0.2) is 6.17 Å². The molecular weight excluding hydrogens is 172 g/mol. The molecule has 3 unspecified atom stereocenters. The first-order valence-electron chi connectivity index (χ1n) is 3.00. The fourth-order valence-corrected chi connectivity index (χ4v) is 1.11. The van der Waals surface area contributed by atoms with Crippen LogP contribution in [0.5, 0.6) is 0 Å². The Morgan fingerprint density at radius 2 is 2.09 bits per heavy atom. The summed E-state index contributed by atoms with van der Waals surface area (Å²) in [6.07, 6.45) is -2.05. The van der Waals surface area contributed by atoms with Crippen LogP contribution in [-0.4, -0.2) is 29.3 Å². The Morgan fingerprint density at radius 3 is 2.18 bits per heavy atom. The summed E-state index contributed by atoms with van der Waals surface area (Å²) in [7, 11) is -3.54. The molecule has 0 saturated carbocycles. The molecule has 0 aliphatic carbocycles. The van der Waals surface area contributed by atoms with E-state index >= 15 is 0 Å². The number of amides is 1. The lowest BCUT2D eigenvalue weighted by molar-refractivity contribution is -0.122.